The summed E-state index contributed by atoms with van der Waals surface area (Å²) in [5.74, 6) is 0.382. The van der Waals surface area contributed by atoms with Gasteiger partial charge >= 0.3 is 0 Å². The minimum absolute atomic E-state index is 0.1000. The molecule has 0 N–H and O–H groups in total. The van der Waals surface area contributed by atoms with Crippen LogP contribution in [-0.2, 0) is 0 Å². The Morgan fingerprint density at radius 2 is 1.87 bits per heavy atom. The Labute approximate surface area is 136 Å². The highest BCUT2D eigenvalue weighted by atomic mass is 35.5. The van der Waals surface area contributed by atoms with E-state index in [9.17, 15) is 4.79 Å². The molecule has 0 atom stereocenters. The Morgan fingerprint density at radius 1 is 1.04 bits per heavy atom. The van der Waals surface area contributed by atoms with Gasteiger partial charge in [-0.2, -0.15) is 0 Å². The lowest BCUT2D eigenvalue weighted by molar-refractivity contribution is 0.570. The van der Waals surface area contributed by atoms with E-state index in [1.807, 2.05) is 34.9 Å². The Balaban J connectivity index is 2.19. The van der Waals surface area contributed by atoms with E-state index in [1.54, 1.807) is 24.4 Å². The van der Waals surface area contributed by atoms with Gasteiger partial charge in [-0.3, -0.25) is 4.79 Å². The van der Waals surface area contributed by atoms with Crippen molar-refractivity contribution in [2.75, 3.05) is 0 Å². The third kappa shape index (κ3) is 2.33. The molecule has 112 valence electrons. The van der Waals surface area contributed by atoms with Crippen LogP contribution in [0.2, 0.25) is 5.02 Å². The average molecular weight is 323 g/mol. The van der Waals surface area contributed by atoms with Crippen LogP contribution >= 0.6 is 11.6 Å². The number of fused-ring (bicyclic) bond motifs is 1. The van der Waals surface area contributed by atoms with E-state index in [4.69, 9.17) is 16.0 Å². The summed E-state index contributed by atoms with van der Waals surface area (Å²) >= 11 is 6.15. The number of para-hydroxylation sites is 1. The molecule has 0 aliphatic heterocycles. The maximum atomic E-state index is 12.5. The van der Waals surface area contributed by atoms with Gasteiger partial charge in [-0.05, 0) is 30.3 Å². The first kappa shape index (κ1) is 13.8. The standard InChI is InChI=1S/C18H11ClN2O2/c19-12-6-7-14-15(10-12)21(13-4-2-1-3-5-13)16(11-17(14)22)18-20-8-9-23-18/h1-11H. The highest BCUT2D eigenvalue weighted by Crippen LogP contribution is 2.27. The number of aromatic nitrogens is 2. The van der Waals surface area contributed by atoms with Gasteiger partial charge < -0.3 is 8.98 Å². The summed E-state index contributed by atoms with van der Waals surface area (Å²) in [6, 6.07) is 16.5. The number of hydrogen-bond donors (Lipinski definition) is 0. The summed E-state index contributed by atoms with van der Waals surface area (Å²) < 4.78 is 7.34. The van der Waals surface area contributed by atoms with Crippen LogP contribution in [0.3, 0.4) is 0 Å². The fourth-order valence-electron chi connectivity index (χ4n) is 2.66. The summed E-state index contributed by atoms with van der Waals surface area (Å²) in [5, 5.41) is 1.15. The van der Waals surface area contributed by atoms with Gasteiger partial charge in [0.15, 0.2) is 5.43 Å². The molecule has 0 fully saturated rings. The first-order valence-corrected chi connectivity index (χ1v) is 7.42. The predicted octanol–water partition coefficient (Wildman–Crippen LogP) is 4.30. The average Bonchev–Trinajstić information content (AvgIpc) is 3.09. The third-order valence-electron chi connectivity index (χ3n) is 3.64. The first-order chi connectivity index (χ1) is 11.2. The molecule has 4 nitrogen and oxygen atoms in total. The van der Waals surface area contributed by atoms with Crippen molar-refractivity contribution in [2.24, 2.45) is 0 Å². The zero-order chi connectivity index (χ0) is 15.8. The fraction of sp³-hybridized carbons (Fsp3) is 0. The lowest BCUT2D eigenvalue weighted by Crippen LogP contribution is -2.10. The smallest absolute Gasteiger partial charge is 0.243 e. The number of rotatable bonds is 2. The number of pyridine rings is 1. The molecule has 0 aliphatic rings. The Bertz CT molecular complexity index is 1040. The SMILES string of the molecule is O=c1cc(-c2ncco2)n(-c2ccccc2)c2cc(Cl)ccc12. The molecular formula is C18H11ClN2O2. The van der Waals surface area contributed by atoms with Gasteiger partial charge in [0, 0.05) is 22.2 Å². The van der Waals surface area contributed by atoms with Gasteiger partial charge in [0.25, 0.3) is 0 Å². The molecule has 0 aliphatic carbocycles. The van der Waals surface area contributed by atoms with Gasteiger partial charge in [-0.1, -0.05) is 29.8 Å². The van der Waals surface area contributed by atoms with Crippen molar-refractivity contribution >= 4 is 22.5 Å². The van der Waals surface area contributed by atoms with Crippen LogP contribution in [0.1, 0.15) is 0 Å². The maximum Gasteiger partial charge on any atom is 0.243 e. The van der Waals surface area contributed by atoms with Crippen molar-refractivity contribution in [1.82, 2.24) is 9.55 Å². The van der Waals surface area contributed by atoms with Crippen LogP contribution in [0.5, 0.6) is 0 Å². The third-order valence-corrected chi connectivity index (χ3v) is 3.88. The molecule has 2 heterocycles. The molecule has 5 heteroatoms. The summed E-state index contributed by atoms with van der Waals surface area (Å²) in [5.41, 5.74) is 2.09. The molecule has 0 unspecified atom stereocenters. The number of hydrogen-bond acceptors (Lipinski definition) is 3. The Kier molecular flexibility index (Phi) is 3.24. The maximum absolute atomic E-state index is 12.5. The van der Waals surface area contributed by atoms with Gasteiger partial charge in [-0.25, -0.2) is 4.98 Å². The molecule has 4 aromatic rings. The molecular weight excluding hydrogens is 312 g/mol. The highest BCUT2D eigenvalue weighted by molar-refractivity contribution is 6.31. The summed E-state index contributed by atoms with van der Waals surface area (Å²) in [7, 11) is 0. The molecule has 0 radical (unpaired) electrons. The second-order valence-corrected chi connectivity index (χ2v) is 5.50. The van der Waals surface area contributed by atoms with E-state index in [-0.39, 0.29) is 5.43 Å². The van der Waals surface area contributed by atoms with E-state index < -0.39 is 0 Å². The largest absolute Gasteiger partial charge is 0.443 e. The molecule has 2 aromatic heterocycles. The molecule has 0 saturated heterocycles. The Hall–Kier alpha value is -2.85. The number of oxazole rings is 1. The highest BCUT2D eigenvalue weighted by Gasteiger charge is 2.15. The normalized spacial score (nSPS) is 11.0. The van der Waals surface area contributed by atoms with Crippen molar-refractivity contribution < 1.29 is 4.42 Å². The zero-order valence-corrected chi connectivity index (χ0v) is 12.7. The van der Waals surface area contributed by atoms with E-state index >= 15 is 0 Å². The van der Waals surface area contributed by atoms with Crippen molar-refractivity contribution in [3.05, 3.63) is 82.3 Å². The van der Waals surface area contributed by atoms with Crippen molar-refractivity contribution in [1.29, 1.82) is 0 Å². The van der Waals surface area contributed by atoms with Crippen molar-refractivity contribution in [2.45, 2.75) is 0 Å². The van der Waals surface area contributed by atoms with Gasteiger partial charge in [-0.15, -0.1) is 0 Å². The minimum atomic E-state index is -0.1000. The van der Waals surface area contributed by atoms with E-state index in [0.29, 0.717) is 27.5 Å². The topological polar surface area (TPSA) is 48.0 Å². The van der Waals surface area contributed by atoms with Crippen molar-refractivity contribution in [3.8, 4) is 17.3 Å². The van der Waals surface area contributed by atoms with Crippen LogP contribution in [-0.4, -0.2) is 9.55 Å². The van der Waals surface area contributed by atoms with Gasteiger partial charge in [0.1, 0.15) is 12.0 Å². The molecule has 4 rings (SSSR count). The van der Waals surface area contributed by atoms with Crippen LogP contribution < -0.4 is 5.43 Å². The monoisotopic (exact) mass is 322 g/mol. The van der Waals surface area contributed by atoms with E-state index in [1.165, 1.54) is 12.3 Å². The number of nitrogens with zero attached hydrogens (tertiary/aromatic N) is 2. The number of halogens is 1. The van der Waals surface area contributed by atoms with Gasteiger partial charge in [0.05, 0.1) is 11.7 Å². The molecule has 2 aromatic carbocycles. The summed E-state index contributed by atoms with van der Waals surface area (Å²) in [6.07, 6.45) is 3.04. The summed E-state index contributed by atoms with van der Waals surface area (Å²) in [4.78, 5) is 16.6. The lowest BCUT2D eigenvalue weighted by Gasteiger charge is -2.15. The quantitative estimate of drug-likeness (QED) is 0.553. The molecule has 23 heavy (non-hydrogen) atoms. The second-order valence-electron chi connectivity index (χ2n) is 5.06. The number of benzene rings is 2. The zero-order valence-electron chi connectivity index (χ0n) is 11.9. The van der Waals surface area contributed by atoms with Gasteiger partial charge in [0.2, 0.25) is 5.89 Å². The Morgan fingerprint density at radius 3 is 2.61 bits per heavy atom. The first-order valence-electron chi connectivity index (χ1n) is 7.04. The molecule has 0 spiro atoms. The second kappa shape index (κ2) is 5.41. The van der Waals surface area contributed by atoms with Crippen LogP contribution in [0.4, 0.5) is 0 Å². The van der Waals surface area contributed by atoms with Crippen LogP contribution in [0.15, 0.2) is 76.3 Å². The lowest BCUT2D eigenvalue weighted by atomic mass is 10.1. The minimum Gasteiger partial charge on any atom is -0.443 e. The van der Waals surface area contributed by atoms with Crippen LogP contribution in [0, 0.1) is 0 Å². The van der Waals surface area contributed by atoms with Crippen molar-refractivity contribution in [3.63, 3.8) is 0 Å². The molecule has 0 amide bonds. The van der Waals surface area contributed by atoms with E-state index in [0.717, 1.165) is 5.69 Å². The molecule has 0 bridgehead atoms. The fourth-order valence-corrected chi connectivity index (χ4v) is 2.82. The van der Waals surface area contributed by atoms with Crippen LogP contribution in [0.25, 0.3) is 28.2 Å². The predicted molar refractivity (Wildman–Crippen MR) is 90.1 cm³/mol. The summed E-state index contributed by atoms with van der Waals surface area (Å²) in [6.45, 7) is 0. The molecule has 0 saturated carbocycles. The van der Waals surface area contributed by atoms with E-state index in [2.05, 4.69) is 4.98 Å².